The van der Waals surface area contributed by atoms with E-state index in [1.54, 1.807) is 17.6 Å². The van der Waals surface area contributed by atoms with Crippen LogP contribution < -0.4 is 9.62 Å². The number of hydrogen-bond donors (Lipinski definition) is 1. The van der Waals surface area contributed by atoms with Gasteiger partial charge in [0.25, 0.3) is 0 Å². The van der Waals surface area contributed by atoms with Gasteiger partial charge in [0.1, 0.15) is 22.3 Å². The van der Waals surface area contributed by atoms with E-state index in [9.17, 15) is 4.21 Å². The van der Waals surface area contributed by atoms with E-state index in [0.717, 1.165) is 11.4 Å². The normalized spacial score (nSPS) is 11.9. The number of halogens is 1. The molecule has 0 aliphatic rings. The highest BCUT2D eigenvalue weighted by Gasteiger charge is 2.11. The molecule has 0 radical (unpaired) electrons. The first-order valence-corrected chi connectivity index (χ1v) is 7.37. The van der Waals surface area contributed by atoms with Crippen molar-refractivity contribution in [1.82, 2.24) is 9.97 Å². The van der Waals surface area contributed by atoms with E-state index in [2.05, 4.69) is 15.3 Å². The second kappa shape index (κ2) is 5.99. The van der Waals surface area contributed by atoms with Gasteiger partial charge in [0, 0.05) is 13.3 Å². The molecule has 5 nitrogen and oxygen atoms in total. The predicted octanol–water partition coefficient (Wildman–Crippen LogP) is 2.60. The lowest BCUT2D eigenvalue weighted by atomic mass is 10.2. The fraction of sp³-hybridized carbons (Fsp3) is 0.167. The molecule has 1 aromatic heterocycles. The molecule has 2 rings (SSSR count). The number of rotatable bonds is 4. The number of para-hydroxylation sites is 2. The maximum Gasteiger partial charge on any atom is 0.152 e. The SMILES string of the molecule is CN(c1ccccc1Nc1ncncc1Cl)S(C)=O. The zero-order chi connectivity index (χ0) is 13.8. The van der Waals surface area contributed by atoms with Crippen LogP contribution in [0.25, 0.3) is 0 Å². The summed E-state index contributed by atoms with van der Waals surface area (Å²) >= 11 is 6.01. The molecule has 0 aliphatic heterocycles. The van der Waals surface area contributed by atoms with Crippen molar-refractivity contribution in [2.24, 2.45) is 0 Å². The van der Waals surface area contributed by atoms with Gasteiger partial charge in [-0.25, -0.2) is 14.2 Å². The molecular formula is C12H13ClN4OS. The quantitative estimate of drug-likeness (QED) is 0.942. The van der Waals surface area contributed by atoms with Crippen molar-refractivity contribution in [3.63, 3.8) is 0 Å². The van der Waals surface area contributed by atoms with Crippen LogP contribution in [-0.4, -0.2) is 27.5 Å². The molecule has 0 amide bonds. The Kier molecular flexibility index (Phi) is 4.34. The highest BCUT2D eigenvalue weighted by Crippen LogP contribution is 2.29. The third-order valence-electron chi connectivity index (χ3n) is 2.55. The number of hydrogen-bond acceptors (Lipinski definition) is 4. The van der Waals surface area contributed by atoms with Gasteiger partial charge in [0.15, 0.2) is 5.82 Å². The van der Waals surface area contributed by atoms with Crippen LogP contribution in [0.2, 0.25) is 5.02 Å². The van der Waals surface area contributed by atoms with Gasteiger partial charge in [-0.3, -0.25) is 4.31 Å². The first kappa shape index (κ1) is 13.8. The molecule has 0 spiro atoms. The van der Waals surface area contributed by atoms with Crippen LogP contribution in [0, 0.1) is 0 Å². The lowest BCUT2D eigenvalue weighted by Gasteiger charge is -2.20. The molecular weight excluding hydrogens is 284 g/mol. The van der Waals surface area contributed by atoms with Crippen LogP contribution in [0.4, 0.5) is 17.2 Å². The molecule has 0 saturated heterocycles. The molecule has 7 heteroatoms. The zero-order valence-electron chi connectivity index (χ0n) is 10.5. The van der Waals surface area contributed by atoms with Gasteiger partial charge in [-0.1, -0.05) is 23.7 Å². The van der Waals surface area contributed by atoms with Gasteiger partial charge in [-0.15, -0.1) is 0 Å². The first-order chi connectivity index (χ1) is 9.09. The van der Waals surface area contributed by atoms with Gasteiger partial charge in [0.2, 0.25) is 0 Å². The molecule has 1 unspecified atom stereocenters. The molecule has 2 aromatic rings. The van der Waals surface area contributed by atoms with E-state index >= 15 is 0 Å². The van der Waals surface area contributed by atoms with Gasteiger partial charge >= 0.3 is 0 Å². The average Bonchev–Trinajstić information content (AvgIpc) is 2.41. The van der Waals surface area contributed by atoms with Gasteiger partial charge < -0.3 is 5.32 Å². The van der Waals surface area contributed by atoms with Gasteiger partial charge in [-0.2, -0.15) is 0 Å². The Morgan fingerprint density at radius 1 is 1.37 bits per heavy atom. The topological polar surface area (TPSA) is 58.1 Å². The summed E-state index contributed by atoms with van der Waals surface area (Å²) in [6.45, 7) is 0. The van der Waals surface area contributed by atoms with Crippen molar-refractivity contribution < 1.29 is 4.21 Å². The Bertz CT molecular complexity index is 608. The molecule has 1 N–H and O–H groups in total. The molecule has 0 bridgehead atoms. The van der Waals surface area contributed by atoms with Crippen LogP contribution in [0.5, 0.6) is 0 Å². The van der Waals surface area contributed by atoms with Crippen molar-refractivity contribution in [2.45, 2.75) is 0 Å². The lowest BCUT2D eigenvalue weighted by Crippen LogP contribution is -2.19. The van der Waals surface area contributed by atoms with Gasteiger partial charge in [0.05, 0.1) is 17.6 Å². The number of nitrogens with zero attached hydrogens (tertiary/aromatic N) is 3. The van der Waals surface area contributed by atoms with Crippen molar-refractivity contribution in [3.05, 3.63) is 41.8 Å². The third-order valence-corrected chi connectivity index (χ3v) is 3.79. The minimum absolute atomic E-state index is 0.428. The van der Waals surface area contributed by atoms with E-state index in [4.69, 9.17) is 11.6 Å². The highest BCUT2D eigenvalue weighted by atomic mass is 35.5. The van der Waals surface area contributed by atoms with Crippen LogP contribution >= 0.6 is 11.6 Å². The standard InChI is InChI=1S/C12H13ClN4OS/c1-17(19(2)18)11-6-4-3-5-10(11)16-12-9(13)7-14-8-15-12/h3-8H,1-2H3,(H,14,15,16). The summed E-state index contributed by atoms with van der Waals surface area (Å²) in [6.07, 6.45) is 4.55. The zero-order valence-corrected chi connectivity index (χ0v) is 12.1. The Labute approximate surface area is 119 Å². The fourth-order valence-electron chi connectivity index (χ4n) is 1.52. The van der Waals surface area contributed by atoms with Crippen molar-refractivity contribution in [1.29, 1.82) is 0 Å². The second-order valence-electron chi connectivity index (χ2n) is 3.78. The molecule has 19 heavy (non-hydrogen) atoms. The van der Waals surface area contributed by atoms with Crippen molar-refractivity contribution >= 4 is 39.8 Å². The summed E-state index contributed by atoms with van der Waals surface area (Å²) in [6, 6.07) is 7.51. The Hall–Kier alpha value is -1.66. The minimum Gasteiger partial charge on any atom is -0.337 e. The maximum atomic E-state index is 11.6. The smallest absolute Gasteiger partial charge is 0.152 e. The largest absolute Gasteiger partial charge is 0.337 e. The van der Waals surface area contributed by atoms with Crippen molar-refractivity contribution in [2.75, 3.05) is 22.9 Å². The predicted molar refractivity (Wildman–Crippen MR) is 79.2 cm³/mol. The van der Waals surface area contributed by atoms with Crippen LogP contribution in [0.15, 0.2) is 36.8 Å². The molecule has 0 saturated carbocycles. The summed E-state index contributed by atoms with van der Waals surface area (Å²) in [7, 11) is 0.655. The van der Waals surface area contributed by atoms with Crippen molar-refractivity contribution in [3.8, 4) is 0 Å². The van der Waals surface area contributed by atoms with E-state index in [-0.39, 0.29) is 0 Å². The minimum atomic E-state index is -1.11. The molecule has 1 atom stereocenters. The molecule has 100 valence electrons. The Morgan fingerprint density at radius 3 is 2.79 bits per heavy atom. The van der Waals surface area contributed by atoms with E-state index in [0.29, 0.717) is 10.8 Å². The second-order valence-corrected chi connectivity index (χ2v) is 5.59. The lowest BCUT2D eigenvalue weighted by molar-refractivity contribution is 0.685. The summed E-state index contributed by atoms with van der Waals surface area (Å²) < 4.78 is 13.2. The van der Waals surface area contributed by atoms with E-state index in [1.165, 1.54) is 12.5 Å². The number of benzene rings is 1. The van der Waals surface area contributed by atoms with Crippen LogP contribution in [-0.2, 0) is 11.0 Å². The van der Waals surface area contributed by atoms with Crippen LogP contribution in [0.3, 0.4) is 0 Å². The highest BCUT2D eigenvalue weighted by molar-refractivity contribution is 7.85. The summed E-state index contributed by atoms with van der Waals surface area (Å²) in [5.41, 5.74) is 1.58. The summed E-state index contributed by atoms with van der Waals surface area (Å²) in [5.74, 6) is 0.513. The Morgan fingerprint density at radius 2 is 2.11 bits per heavy atom. The van der Waals surface area contributed by atoms with Gasteiger partial charge in [-0.05, 0) is 12.1 Å². The third kappa shape index (κ3) is 3.21. The van der Waals surface area contributed by atoms with Crippen LogP contribution in [0.1, 0.15) is 0 Å². The molecule has 0 aliphatic carbocycles. The molecule has 1 aromatic carbocycles. The first-order valence-electron chi connectivity index (χ1n) is 5.48. The summed E-state index contributed by atoms with van der Waals surface area (Å²) in [5, 5.41) is 3.55. The fourth-order valence-corrected chi connectivity index (χ4v) is 2.11. The molecule has 0 fully saturated rings. The monoisotopic (exact) mass is 296 g/mol. The average molecular weight is 297 g/mol. The number of nitrogens with one attached hydrogen (secondary N) is 1. The Balaban J connectivity index is 2.36. The van der Waals surface area contributed by atoms with E-state index < -0.39 is 11.0 Å². The molecule has 1 heterocycles. The summed E-state index contributed by atoms with van der Waals surface area (Å²) in [4.78, 5) is 7.90. The van der Waals surface area contributed by atoms with E-state index in [1.807, 2.05) is 24.3 Å². The number of anilines is 3. The maximum absolute atomic E-state index is 11.6. The number of aromatic nitrogens is 2.